The number of hydrogen-bond donors (Lipinski definition) is 1. The molecule has 1 aromatic heterocycles. The number of benzene rings is 3. The van der Waals surface area contributed by atoms with Gasteiger partial charge in [0.1, 0.15) is 23.2 Å². The number of carboxylic acids is 1. The lowest BCUT2D eigenvalue weighted by Crippen LogP contribution is -2.28. The van der Waals surface area contributed by atoms with E-state index in [1.165, 1.54) is 6.92 Å². The van der Waals surface area contributed by atoms with Gasteiger partial charge in [-0.15, -0.1) is 0 Å². The average Bonchev–Trinajstić information content (AvgIpc) is 2.80. The van der Waals surface area contributed by atoms with Gasteiger partial charge in [0.05, 0.1) is 23.1 Å². The Hall–Kier alpha value is -3.65. The molecular weight excluding hydrogens is 471 g/mol. The van der Waals surface area contributed by atoms with Gasteiger partial charge in [0.15, 0.2) is 6.10 Å². The molecule has 36 heavy (non-hydrogen) atoms. The van der Waals surface area contributed by atoms with Gasteiger partial charge in [0.2, 0.25) is 0 Å². The second-order valence-corrected chi connectivity index (χ2v) is 9.89. The van der Waals surface area contributed by atoms with E-state index in [1.54, 1.807) is 39.1 Å². The fourth-order valence-corrected chi connectivity index (χ4v) is 4.94. The summed E-state index contributed by atoms with van der Waals surface area (Å²) in [5.41, 5.74) is 0.952. The number of ether oxygens (including phenoxy) is 2. The summed E-state index contributed by atoms with van der Waals surface area (Å²) in [6.45, 7) is 6.90. The largest absolute Gasteiger partial charge is 0.493 e. The van der Waals surface area contributed by atoms with Crippen molar-refractivity contribution in [1.82, 2.24) is 4.98 Å². The number of aromatic nitrogens is 1. The Bertz CT molecular complexity index is 1550. The number of carbonyl (C=O) groups is 1. The van der Waals surface area contributed by atoms with E-state index in [1.807, 2.05) is 6.07 Å². The molecule has 1 N–H and O–H groups in total. The van der Waals surface area contributed by atoms with Gasteiger partial charge < -0.3 is 14.6 Å². The molecule has 0 radical (unpaired) electrons. The zero-order chi connectivity index (χ0) is 25.9. The van der Waals surface area contributed by atoms with Gasteiger partial charge >= 0.3 is 5.97 Å². The van der Waals surface area contributed by atoms with E-state index in [0.29, 0.717) is 35.9 Å². The third-order valence-electron chi connectivity index (χ3n) is 6.34. The lowest BCUT2D eigenvalue weighted by atomic mass is 9.85. The van der Waals surface area contributed by atoms with E-state index in [-0.39, 0.29) is 22.1 Å². The molecule has 5 nitrogen and oxygen atoms in total. The molecule has 5 rings (SSSR count). The van der Waals surface area contributed by atoms with Crippen LogP contribution in [0.25, 0.3) is 32.8 Å². The second-order valence-electron chi connectivity index (χ2n) is 9.89. The number of hydrogen-bond acceptors (Lipinski definition) is 4. The predicted octanol–water partition coefficient (Wildman–Crippen LogP) is 6.66. The van der Waals surface area contributed by atoms with Crippen LogP contribution in [0.4, 0.5) is 13.2 Å². The SMILES string of the molecule is Cc1c([C@H](OC(C)(C)C)C(=O)O)c(-c2ccc3c4c(ccnc24)CCO3)c2cc(F)cc(F)c2c1F. The van der Waals surface area contributed by atoms with E-state index >= 15 is 4.39 Å². The van der Waals surface area contributed by atoms with E-state index in [2.05, 4.69) is 4.98 Å². The van der Waals surface area contributed by atoms with Crippen molar-refractivity contribution < 1.29 is 32.5 Å². The molecule has 186 valence electrons. The van der Waals surface area contributed by atoms with E-state index in [9.17, 15) is 18.7 Å². The summed E-state index contributed by atoms with van der Waals surface area (Å²) in [6.07, 6.45) is 0.641. The standard InChI is InChI=1S/C28H24F3NO4/c1-13-20(26(27(33)34)36-28(2,3)4)22(17-11-15(29)12-18(30)23(17)24(13)31)16-5-6-19-21-14(8-10-35-19)7-9-32-25(16)21/h5-7,9,11-12,26H,8,10H2,1-4H3,(H,33,34)/t26-/m0/s1. The fraction of sp³-hybridized carbons (Fsp3) is 0.286. The van der Waals surface area contributed by atoms with Crippen LogP contribution in [-0.4, -0.2) is 28.3 Å². The summed E-state index contributed by atoms with van der Waals surface area (Å²) in [6, 6.07) is 6.87. The van der Waals surface area contributed by atoms with Crippen LogP contribution in [0.15, 0.2) is 36.5 Å². The second kappa shape index (κ2) is 8.48. The van der Waals surface area contributed by atoms with Crippen LogP contribution in [-0.2, 0) is 16.0 Å². The number of nitrogens with zero attached hydrogens (tertiary/aromatic N) is 1. The minimum Gasteiger partial charge on any atom is -0.493 e. The first-order valence-electron chi connectivity index (χ1n) is 11.5. The van der Waals surface area contributed by atoms with E-state index in [4.69, 9.17) is 9.47 Å². The third-order valence-corrected chi connectivity index (χ3v) is 6.34. The summed E-state index contributed by atoms with van der Waals surface area (Å²) < 4.78 is 56.9. The van der Waals surface area contributed by atoms with Crippen LogP contribution < -0.4 is 4.74 Å². The van der Waals surface area contributed by atoms with Gasteiger partial charge in [0, 0.05) is 35.2 Å². The van der Waals surface area contributed by atoms with Crippen molar-refractivity contribution in [2.75, 3.05) is 6.61 Å². The highest BCUT2D eigenvalue weighted by molar-refractivity contribution is 6.09. The normalized spacial score (nSPS) is 14.2. The summed E-state index contributed by atoms with van der Waals surface area (Å²) in [5, 5.41) is 10.4. The van der Waals surface area contributed by atoms with E-state index in [0.717, 1.165) is 17.0 Å². The van der Waals surface area contributed by atoms with Crippen LogP contribution in [0.2, 0.25) is 0 Å². The molecule has 0 saturated carbocycles. The van der Waals surface area contributed by atoms with Gasteiger partial charge in [-0.05, 0) is 74.0 Å². The first kappa shape index (κ1) is 24.1. The molecule has 0 amide bonds. The van der Waals surface area contributed by atoms with Crippen molar-refractivity contribution in [2.24, 2.45) is 0 Å². The van der Waals surface area contributed by atoms with E-state index < -0.39 is 40.5 Å². The van der Waals surface area contributed by atoms with Crippen LogP contribution >= 0.6 is 0 Å². The predicted molar refractivity (Wildman–Crippen MR) is 130 cm³/mol. The van der Waals surface area contributed by atoms with Crippen molar-refractivity contribution in [3.05, 3.63) is 70.7 Å². The highest BCUT2D eigenvalue weighted by atomic mass is 19.1. The zero-order valence-electron chi connectivity index (χ0n) is 20.2. The maximum Gasteiger partial charge on any atom is 0.337 e. The minimum atomic E-state index is -1.62. The molecule has 0 bridgehead atoms. The molecule has 0 saturated heterocycles. The maximum atomic E-state index is 15.7. The summed E-state index contributed by atoms with van der Waals surface area (Å²) in [7, 11) is 0. The van der Waals surface area contributed by atoms with Gasteiger partial charge in [-0.3, -0.25) is 4.98 Å². The molecule has 3 aromatic carbocycles. The highest BCUT2D eigenvalue weighted by Gasteiger charge is 2.35. The Morgan fingerprint density at radius 1 is 1.14 bits per heavy atom. The monoisotopic (exact) mass is 495 g/mol. The van der Waals surface area contributed by atoms with Crippen LogP contribution in [0.5, 0.6) is 5.75 Å². The maximum absolute atomic E-state index is 15.7. The van der Waals surface area contributed by atoms with Gasteiger partial charge in [-0.1, -0.05) is 0 Å². The Labute approximate surface area is 205 Å². The van der Waals surface area contributed by atoms with Crippen molar-refractivity contribution in [2.45, 2.75) is 45.8 Å². The molecule has 1 aliphatic heterocycles. The quantitative estimate of drug-likeness (QED) is 0.343. The molecule has 2 heterocycles. The molecule has 0 unspecified atom stereocenters. The minimum absolute atomic E-state index is 0.0216. The Kier molecular flexibility index (Phi) is 5.67. The third kappa shape index (κ3) is 3.86. The first-order chi connectivity index (χ1) is 17.0. The zero-order valence-corrected chi connectivity index (χ0v) is 20.2. The number of carboxylic acid groups (broad SMARTS) is 1. The number of rotatable bonds is 4. The smallest absolute Gasteiger partial charge is 0.337 e. The van der Waals surface area contributed by atoms with Crippen LogP contribution in [0, 0.1) is 24.4 Å². The molecule has 0 aliphatic carbocycles. The Morgan fingerprint density at radius 3 is 2.58 bits per heavy atom. The van der Waals surface area contributed by atoms with Gasteiger partial charge in [0.25, 0.3) is 0 Å². The fourth-order valence-electron chi connectivity index (χ4n) is 4.94. The first-order valence-corrected chi connectivity index (χ1v) is 11.5. The summed E-state index contributed by atoms with van der Waals surface area (Å²) in [5.74, 6) is -3.72. The molecule has 8 heteroatoms. The number of fused-ring (bicyclic) bond motifs is 1. The average molecular weight is 495 g/mol. The molecule has 4 aromatic rings. The Morgan fingerprint density at radius 2 is 1.89 bits per heavy atom. The molecule has 1 atom stereocenters. The van der Waals surface area contributed by atoms with Crippen LogP contribution in [0.3, 0.4) is 0 Å². The van der Waals surface area contributed by atoms with Crippen LogP contribution in [0.1, 0.15) is 43.6 Å². The summed E-state index contributed by atoms with van der Waals surface area (Å²) >= 11 is 0. The molecular formula is C28H24F3NO4. The van der Waals surface area contributed by atoms with Crippen molar-refractivity contribution >= 4 is 27.6 Å². The van der Waals surface area contributed by atoms with Crippen molar-refractivity contribution in [3.8, 4) is 16.9 Å². The lowest BCUT2D eigenvalue weighted by molar-refractivity contribution is -0.160. The topological polar surface area (TPSA) is 68.7 Å². The van der Waals surface area contributed by atoms with Crippen molar-refractivity contribution in [3.63, 3.8) is 0 Å². The van der Waals surface area contributed by atoms with Gasteiger partial charge in [-0.2, -0.15) is 0 Å². The molecule has 1 aliphatic rings. The lowest BCUT2D eigenvalue weighted by Gasteiger charge is -2.29. The summed E-state index contributed by atoms with van der Waals surface area (Å²) in [4.78, 5) is 17.0. The highest BCUT2D eigenvalue weighted by Crippen LogP contribution is 2.46. The number of halogens is 3. The number of aliphatic carboxylic acids is 1. The van der Waals surface area contributed by atoms with Crippen molar-refractivity contribution in [1.29, 1.82) is 0 Å². The van der Waals surface area contributed by atoms with Gasteiger partial charge in [-0.25, -0.2) is 18.0 Å². The number of pyridine rings is 1. The Balaban J connectivity index is 1.99. The molecule has 0 spiro atoms. The molecule has 0 fully saturated rings.